The molecule has 6 heteroatoms. The average molecular weight is 379 g/mol. The maximum atomic E-state index is 6.15. The average Bonchev–Trinajstić information content (AvgIpc) is 3.47. The molecule has 0 radical (unpaired) electrons. The predicted molar refractivity (Wildman–Crippen MR) is 108 cm³/mol. The Hall–Kier alpha value is -0.850. The SMILES string of the molecule is CN=C(NCC1CCN(C2CC2)C1)N1CCC(OCC2CCCCO2)CC1. The van der Waals surface area contributed by atoms with Crippen molar-refractivity contribution in [1.29, 1.82) is 0 Å². The maximum absolute atomic E-state index is 6.15. The lowest BCUT2D eigenvalue weighted by atomic mass is 10.1. The smallest absolute Gasteiger partial charge is 0.193 e. The molecule has 4 aliphatic rings. The summed E-state index contributed by atoms with van der Waals surface area (Å²) >= 11 is 0. The minimum Gasteiger partial charge on any atom is -0.376 e. The zero-order valence-electron chi connectivity index (χ0n) is 17.1. The van der Waals surface area contributed by atoms with Crippen LogP contribution in [0.15, 0.2) is 4.99 Å². The minimum absolute atomic E-state index is 0.327. The second-order valence-electron chi connectivity index (χ2n) is 8.82. The Kier molecular flexibility index (Phi) is 6.90. The second-order valence-corrected chi connectivity index (χ2v) is 8.82. The molecule has 3 saturated heterocycles. The molecule has 6 nitrogen and oxygen atoms in total. The molecule has 4 rings (SSSR count). The van der Waals surface area contributed by atoms with E-state index >= 15 is 0 Å². The van der Waals surface area contributed by atoms with Crippen LogP contribution < -0.4 is 5.32 Å². The van der Waals surface area contributed by atoms with Gasteiger partial charge in [0.2, 0.25) is 0 Å². The van der Waals surface area contributed by atoms with Crippen LogP contribution in [0.5, 0.6) is 0 Å². The number of ether oxygens (including phenoxy) is 2. The minimum atomic E-state index is 0.327. The van der Waals surface area contributed by atoms with Gasteiger partial charge < -0.3 is 24.6 Å². The highest BCUT2D eigenvalue weighted by atomic mass is 16.5. The van der Waals surface area contributed by atoms with Crippen LogP contribution >= 0.6 is 0 Å². The number of guanidine groups is 1. The van der Waals surface area contributed by atoms with E-state index in [4.69, 9.17) is 9.47 Å². The molecule has 4 fully saturated rings. The van der Waals surface area contributed by atoms with Gasteiger partial charge in [0, 0.05) is 45.9 Å². The molecule has 0 aromatic heterocycles. The number of nitrogens with one attached hydrogen (secondary N) is 1. The van der Waals surface area contributed by atoms with Crippen LogP contribution in [0.1, 0.15) is 51.4 Å². The molecule has 0 amide bonds. The normalized spacial score (nSPS) is 31.4. The molecule has 3 aliphatic heterocycles. The third-order valence-corrected chi connectivity index (χ3v) is 6.67. The van der Waals surface area contributed by atoms with Gasteiger partial charge in [-0.3, -0.25) is 4.99 Å². The predicted octanol–water partition coefficient (Wildman–Crippen LogP) is 2.10. The van der Waals surface area contributed by atoms with E-state index in [1.165, 1.54) is 45.2 Å². The summed E-state index contributed by atoms with van der Waals surface area (Å²) in [4.78, 5) is 9.64. The fourth-order valence-electron chi connectivity index (χ4n) is 4.78. The van der Waals surface area contributed by atoms with Crippen molar-refractivity contribution in [2.24, 2.45) is 10.9 Å². The standard InChI is InChI=1S/C21H38N4O2/c1-22-21(23-14-17-7-10-25(15-17)18-5-6-18)24-11-8-19(9-12-24)27-16-20-4-2-3-13-26-20/h17-20H,2-16H2,1H3,(H,22,23). The maximum Gasteiger partial charge on any atom is 0.193 e. The van der Waals surface area contributed by atoms with E-state index in [0.29, 0.717) is 12.2 Å². The molecule has 27 heavy (non-hydrogen) atoms. The number of likely N-dealkylation sites (tertiary alicyclic amines) is 2. The monoisotopic (exact) mass is 378 g/mol. The Balaban J connectivity index is 1.13. The van der Waals surface area contributed by atoms with Crippen LogP contribution in [0, 0.1) is 5.92 Å². The molecular weight excluding hydrogens is 340 g/mol. The molecule has 1 saturated carbocycles. The molecule has 2 unspecified atom stereocenters. The zero-order valence-corrected chi connectivity index (χ0v) is 17.1. The highest BCUT2D eigenvalue weighted by molar-refractivity contribution is 5.79. The molecule has 0 aromatic carbocycles. The van der Waals surface area contributed by atoms with Crippen LogP contribution in [-0.2, 0) is 9.47 Å². The van der Waals surface area contributed by atoms with E-state index in [-0.39, 0.29) is 0 Å². The van der Waals surface area contributed by atoms with E-state index in [1.807, 2.05) is 7.05 Å². The Morgan fingerprint density at radius 2 is 1.93 bits per heavy atom. The van der Waals surface area contributed by atoms with E-state index in [9.17, 15) is 0 Å². The Labute approximate surface area is 164 Å². The van der Waals surface area contributed by atoms with Crippen molar-refractivity contribution in [3.05, 3.63) is 0 Å². The van der Waals surface area contributed by atoms with Crippen LogP contribution in [0.4, 0.5) is 0 Å². The lowest BCUT2D eigenvalue weighted by Crippen LogP contribution is -2.48. The molecule has 1 N–H and O–H groups in total. The number of hydrogen-bond donors (Lipinski definition) is 1. The first-order chi connectivity index (χ1) is 13.3. The third kappa shape index (κ3) is 5.58. The van der Waals surface area contributed by atoms with Crippen molar-refractivity contribution in [2.75, 3.05) is 53.0 Å². The van der Waals surface area contributed by atoms with Gasteiger partial charge in [0.1, 0.15) is 0 Å². The summed E-state index contributed by atoms with van der Waals surface area (Å²) in [5, 5.41) is 3.65. The van der Waals surface area contributed by atoms with Gasteiger partial charge >= 0.3 is 0 Å². The number of aliphatic imine (C=N–C) groups is 1. The summed E-state index contributed by atoms with van der Waals surface area (Å²) < 4.78 is 11.9. The summed E-state index contributed by atoms with van der Waals surface area (Å²) in [5.74, 6) is 1.85. The first kappa shape index (κ1) is 19.5. The molecule has 1 aliphatic carbocycles. The molecule has 0 aromatic rings. The van der Waals surface area contributed by atoms with Gasteiger partial charge in [-0.2, -0.15) is 0 Å². The van der Waals surface area contributed by atoms with Gasteiger partial charge in [0.05, 0.1) is 18.8 Å². The van der Waals surface area contributed by atoms with E-state index in [0.717, 1.165) is 70.0 Å². The van der Waals surface area contributed by atoms with Crippen LogP contribution in [0.25, 0.3) is 0 Å². The largest absolute Gasteiger partial charge is 0.376 e. The lowest BCUT2D eigenvalue weighted by Gasteiger charge is -2.35. The lowest BCUT2D eigenvalue weighted by molar-refractivity contribution is -0.0721. The number of piperidine rings is 1. The zero-order chi connectivity index (χ0) is 18.5. The summed E-state index contributed by atoms with van der Waals surface area (Å²) in [7, 11) is 1.91. The Morgan fingerprint density at radius 1 is 1.07 bits per heavy atom. The second kappa shape index (κ2) is 9.57. The first-order valence-electron chi connectivity index (χ1n) is 11.2. The van der Waals surface area contributed by atoms with Crippen molar-refractivity contribution in [3.8, 4) is 0 Å². The first-order valence-corrected chi connectivity index (χ1v) is 11.2. The van der Waals surface area contributed by atoms with Crippen LogP contribution in [-0.4, -0.2) is 87.0 Å². The van der Waals surface area contributed by atoms with E-state index in [2.05, 4.69) is 20.1 Å². The molecular formula is C21H38N4O2. The van der Waals surface area contributed by atoms with E-state index in [1.54, 1.807) is 0 Å². The van der Waals surface area contributed by atoms with Crippen LogP contribution in [0.2, 0.25) is 0 Å². The highest BCUT2D eigenvalue weighted by Gasteiger charge is 2.34. The summed E-state index contributed by atoms with van der Waals surface area (Å²) in [5.41, 5.74) is 0. The summed E-state index contributed by atoms with van der Waals surface area (Å²) in [6.07, 6.45) is 10.7. The number of rotatable bonds is 6. The quantitative estimate of drug-likeness (QED) is 0.567. The van der Waals surface area contributed by atoms with Crippen molar-refractivity contribution < 1.29 is 9.47 Å². The molecule has 0 spiro atoms. The molecule has 0 bridgehead atoms. The fraction of sp³-hybridized carbons (Fsp3) is 0.952. The molecule has 2 atom stereocenters. The fourth-order valence-corrected chi connectivity index (χ4v) is 4.78. The topological polar surface area (TPSA) is 49.3 Å². The number of nitrogens with zero attached hydrogens (tertiary/aromatic N) is 3. The Bertz CT molecular complexity index is 483. The summed E-state index contributed by atoms with van der Waals surface area (Å²) in [6, 6.07) is 0.910. The van der Waals surface area contributed by atoms with Crippen molar-refractivity contribution >= 4 is 5.96 Å². The van der Waals surface area contributed by atoms with Gasteiger partial charge in [-0.15, -0.1) is 0 Å². The van der Waals surface area contributed by atoms with Crippen molar-refractivity contribution in [1.82, 2.24) is 15.1 Å². The van der Waals surface area contributed by atoms with Gasteiger partial charge in [-0.05, 0) is 63.8 Å². The Morgan fingerprint density at radius 3 is 2.63 bits per heavy atom. The number of hydrogen-bond acceptors (Lipinski definition) is 4. The van der Waals surface area contributed by atoms with Crippen LogP contribution in [0.3, 0.4) is 0 Å². The van der Waals surface area contributed by atoms with Gasteiger partial charge in [-0.1, -0.05) is 0 Å². The summed E-state index contributed by atoms with van der Waals surface area (Å²) in [6.45, 7) is 7.39. The van der Waals surface area contributed by atoms with Crippen molar-refractivity contribution in [3.63, 3.8) is 0 Å². The van der Waals surface area contributed by atoms with Gasteiger partial charge in [-0.25, -0.2) is 0 Å². The third-order valence-electron chi connectivity index (χ3n) is 6.67. The van der Waals surface area contributed by atoms with Gasteiger partial charge in [0.25, 0.3) is 0 Å². The molecule has 154 valence electrons. The van der Waals surface area contributed by atoms with Crippen molar-refractivity contribution in [2.45, 2.75) is 69.6 Å². The highest BCUT2D eigenvalue weighted by Crippen LogP contribution is 2.31. The van der Waals surface area contributed by atoms with Gasteiger partial charge in [0.15, 0.2) is 5.96 Å². The van der Waals surface area contributed by atoms with E-state index < -0.39 is 0 Å². The molecule has 3 heterocycles.